The lowest BCUT2D eigenvalue weighted by molar-refractivity contribution is 0.130. The zero-order chi connectivity index (χ0) is 11.5. The molecule has 1 fully saturated rings. The summed E-state index contributed by atoms with van der Waals surface area (Å²) in [6.45, 7) is 9.51. The highest BCUT2D eigenvalue weighted by Crippen LogP contribution is 2.26. The minimum Gasteiger partial charge on any atom is -0.317 e. The van der Waals surface area contributed by atoms with E-state index in [9.17, 15) is 0 Å². The second-order valence-corrected chi connectivity index (χ2v) is 6.81. The third kappa shape index (κ3) is 3.97. The van der Waals surface area contributed by atoms with Gasteiger partial charge in [0, 0.05) is 23.4 Å². The molecule has 0 amide bonds. The highest BCUT2D eigenvalue weighted by molar-refractivity contribution is 7.99. The number of rotatable bonds is 4. The first-order valence-corrected chi connectivity index (χ1v) is 7.17. The number of hydrogen-bond donors (Lipinski definition) is 1. The van der Waals surface area contributed by atoms with Gasteiger partial charge in [0.2, 0.25) is 0 Å². The topological polar surface area (TPSA) is 15.3 Å². The summed E-state index contributed by atoms with van der Waals surface area (Å²) in [7, 11) is 2.08. The third-order valence-electron chi connectivity index (χ3n) is 3.56. The number of likely N-dealkylation sites (tertiary alicyclic amines) is 1. The Morgan fingerprint density at radius 2 is 2.13 bits per heavy atom. The molecule has 0 radical (unpaired) electrons. The average Bonchev–Trinajstić information content (AvgIpc) is 2.21. The smallest absolute Gasteiger partial charge is 0.0228 e. The van der Waals surface area contributed by atoms with Gasteiger partial charge in [-0.3, -0.25) is 4.90 Å². The van der Waals surface area contributed by atoms with Crippen LogP contribution in [-0.2, 0) is 0 Å². The maximum atomic E-state index is 3.40. The molecular weight excluding hydrogens is 204 g/mol. The summed E-state index contributed by atoms with van der Waals surface area (Å²) in [5.74, 6) is 0. The number of thioether (sulfide) groups is 1. The Kier molecular flexibility index (Phi) is 4.94. The molecule has 1 heterocycles. The average molecular weight is 230 g/mol. The summed E-state index contributed by atoms with van der Waals surface area (Å²) in [6.07, 6.45) is 4.80. The first kappa shape index (κ1) is 13.3. The van der Waals surface area contributed by atoms with Gasteiger partial charge in [0.05, 0.1) is 0 Å². The lowest BCUT2D eigenvalue weighted by Gasteiger charge is -2.41. The van der Waals surface area contributed by atoms with Gasteiger partial charge in [0.25, 0.3) is 0 Å². The fourth-order valence-corrected chi connectivity index (χ4v) is 2.57. The van der Waals surface area contributed by atoms with E-state index in [0.717, 1.165) is 12.1 Å². The van der Waals surface area contributed by atoms with Gasteiger partial charge in [0.15, 0.2) is 0 Å². The third-order valence-corrected chi connectivity index (χ3v) is 4.79. The van der Waals surface area contributed by atoms with Gasteiger partial charge < -0.3 is 5.32 Å². The predicted molar refractivity (Wildman–Crippen MR) is 70.7 cm³/mol. The molecule has 0 bridgehead atoms. The van der Waals surface area contributed by atoms with E-state index in [1.807, 2.05) is 11.8 Å². The standard InChI is InChI=1S/C12H26N2S/c1-10-8-11(13-4)6-7-14(10)9-12(2,3)15-5/h10-11,13H,6-9H2,1-5H3. The lowest BCUT2D eigenvalue weighted by atomic mass is 9.97. The van der Waals surface area contributed by atoms with Crippen LogP contribution in [0.1, 0.15) is 33.6 Å². The van der Waals surface area contributed by atoms with E-state index in [-0.39, 0.29) is 0 Å². The number of nitrogens with zero attached hydrogens (tertiary/aromatic N) is 1. The van der Waals surface area contributed by atoms with Crippen molar-refractivity contribution in [1.29, 1.82) is 0 Å². The van der Waals surface area contributed by atoms with E-state index in [2.05, 4.69) is 44.3 Å². The Labute approximate surface area is 99.2 Å². The molecule has 0 aromatic heterocycles. The van der Waals surface area contributed by atoms with E-state index in [4.69, 9.17) is 0 Å². The first-order chi connectivity index (χ1) is 6.98. The van der Waals surface area contributed by atoms with Crippen LogP contribution in [0.15, 0.2) is 0 Å². The van der Waals surface area contributed by atoms with Gasteiger partial charge in [-0.2, -0.15) is 11.8 Å². The lowest BCUT2D eigenvalue weighted by Crippen LogP contribution is -2.50. The van der Waals surface area contributed by atoms with Gasteiger partial charge in [-0.25, -0.2) is 0 Å². The molecule has 90 valence electrons. The molecule has 0 saturated carbocycles. The molecule has 15 heavy (non-hydrogen) atoms. The van der Waals surface area contributed by atoms with E-state index < -0.39 is 0 Å². The Morgan fingerprint density at radius 1 is 1.47 bits per heavy atom. The zero-order valence-corrected chi connectivity index (χ0v) is 11.7. The largest absolute Gasteiger partial charge is 0.317 e. The van der Waals surface area contributed by atoms with Crippen molar-refractivity contribution in [3.8, 4) is 0 Å². The van der Waals surface area contributed by atoms with Crippen LogP contribution in [0.3, 0.4) is 0 Å². The van der Waals surface area contributed by atoms with E-state index in [1.165, 1.54) is 25.9 Å². The fourth-order valence-electron chi connectivity index (χ4n) is 2.27. The number of piperidine rings is 1. The van der Waals surface area contributed by atoms with E-state index in [1.54, 1.807) is 0 Å². The summed E-state index contributed by atoms with van der Waals surface area (Å²) in [5.41, 5.74) is 0. The molecule has 0 spiro atoms. The van der Waals surface area contributed by atoms with Crippen LogP contribution in [0.4, 0.5) is 0 Å². The summed E-state index contributed by atoms with van der Waals surface area (Å²) in [5, 5.41) is 3.40. The maximum Gasteiger partial charge on any atom is 0.0228 e. The first-order valence-electron chi connectivity index (χ1n) is 5.95. The minimum atomic E-state index is 0.390. The van der Waals surface area contributed by atoms with Crippen LogP contribution in [0.25, 0.3) is 0 Å². The van der Waals surface area contributed by atoms with Crippen molar-refractivity contribution >= 4 is 11.8 Å². The highest BCUT2D eigenvalue weighted by Gasteiger charge is 2.28. The Balaban J connectivity index is 2.44. The molecule has 1 aliphatic heterocycles. The molecular formula is C12H26N2S. The van der Waals surface area contributed by atoms with Crippen LogP contribution in [0.2, 0.25) is 0 Å². The van der Waals surface area contributed by atoms with Crippen molar-refractivity contribution < 1.29 is 0 Å². The van der Waals surface area contributed by atoms with Gasteiger partial charge in [0.1, 0.15) is 0 Å². The van der Waals surface area contributed by atoms with Crippen molar-refractivity contribution in [2.24, 2.45) is 0 Å². The van der Waals surface area contributed by atoms with E-state index in [0.29, 0.717) is 4.75 Å². The van der Waals surface area contributed by atoms with Crippen molar-refractivity contribution in [2.75, 3.05) is 26.4 Å². The quantitative estimate of drug-likeness (QED) is 0.797. The van der Waals surface area contributed by atoms with Crippen molar-refractivity contribution in [1.82, 2.24) is 10.2 Å². The van der Waals surface area contributed by atoms with Gasteiger partial charge in [-0.15, -0.1) is 0 Å². The molecule has 1 aliphatic rings. The fraction of sp³-hybridized carbons (Fsp3) is 1.00. The van der Waals surface area contributed by atoms with Gasteiger partial charge in [-0.1, -0.05) is 0 Å². The van der Waals surface area contributed by atoms with Crippen LogP contribution in [0, 0.1) is 0 Å². The summed E-state index contributed by atoms with van der Waals surface area (Å²) < 4.78 is 0.390. The molecule has 1 saturated heterocycles. The predicted octanol–water partition coefficient (Wildman–Crippen LogP) is 2.20. The second-order valence-electron chi connectivity index (χ2n) is 5.29. The summed E-state index contributed by atoms with van der Waals surface area (Å²) in [4.78, 5) is 2.64. The van der Waals surface area contributed by atoms with Crippen LogP contribution >= 0.6 is 11.8 Å². The monoisotopic (exact) mass is 230 g/mol. The van der Waals surface area contributed by atoms with E-state index >= 15 is 0 Å². The summed E-state index contributed by atoms with van der Waals surface area (Å²) in [6, 6.07) is 1.45. The molecule has 0 aromatic rings. The van der Waals surface area contributed by atoms with Gasteiger partial charge >= 0.3 is 0 Å². The zero-order valence-electron chi connectivity index (χ0n) is 10.8. The van der Waals surface area contributed by atoms with Crippen molar-refractivity contribution in [2.45, 2.75) is 50.4 Å². The Morgan fingerprint density at radius 3 is 2.60 bits per heavy atom. The van der Waals surface area contributed by atoms with Crippen molar-refractivity contribution in [3.05, 3.63) is 0 Å². The molecule has 0 aromatic carbocycles. The molecule has 0 aliphatic carbocycles. The number of hydrogen-bond acceptors (Lipinski definition) is 3. The normalized spacial score (nSPS) is 29.4. The van der Waals surface area contributed by atoms with Crippen LogP contribution < -0.4 is 5.32 Å². The SMILES string of the molecule is CNC1CCN(CC(C)(C)SC)C(C)C1. The second kappa shape index (κ2) is 5.55. The molecule has 2 unspecified atom stereocenters. The molecule has 1 rings (SSSR count). The number of nitrogens with one attached hydrogen (secondary N) is 1. The maximum absolute atomic E-state index is 3.40. The Bertz CT molecular complexity index is 194. The van der Waals surface area contributed by atoms with Crippen molar-refractivity contribution in [3.63, 3.8) is 0 Å². The molecule has 2 nitrogen and oxygen atoms in total. The van der Waals surface area contributed by atoms with Gasteiger partial charge in [-0.05, 0) is 53.5 Å². The van der Waals surface area contributed by atoms with Crippen LogP contribution in [0.5, 0.6) is 0 Å². The van der Waals surface area contributed by atoms with Crippen LogP contribution in [-0.4, -0.2) is 48.1 Å². The minimum absolute atomic E-state index is 0.390. The highest BCUT2D eigenvalue weighted by atomic mass is 32.2. The Hall–Kier alpha value is 0.270. The molecule has 3 heteroatoms. The molecule has 1 N–H and O–H groups in total. The summed E-state index contributed by atoms with van der Waals surface area (Å²) >= 11 is 1.97. The molecule has 2 atom stereocenters.